The molecule has 4 fully saturated rings. The van der Waals surface area contributed by atoms with Gasteiger partial charge < -0.3 is 0 Å². The zero-order valence-electron chi connectivity index (χ0n) is 10.3. The van der Waals surface area contributed by atoms with Crippen LogP contribution in [0.25, 0.3) is 0 Å². The van der Waals surface area contributed by atoms with Crippen molar-refractivity contribution in [3.05, 3.63) is 12.7 Å². The van der Waals surface area contributed by atoms with Crippen LogP contribution in [0.4, 0.5) is 0 Å². The third kappa shape index (κ3) is 1.17. The molecule has 0 N–H and O–H groups in total. The van der Waals surface area contributed by atoms with Gasteiger partial charge in [-0.2, -0.15) is 0 Å². The zero-order valence-corrected chi connectivity index (χ0v) is 10.3. The average Bonchev–Trinajstić information content (AvgIpc) is 3.05. The van der Waals surface area contributed by atoms with Crippen LogP contribution in [0, 0.1) is 41.4 Å². The smallest absolute Gasteiger partial charge is 0.0174 e. The summed E-state index contributed by atoms with van der Waals surface area (Å²) < 4.78 is 0. The molecule has 0 heterocycles. The molecule has 4 bridgehead atoms. The van der Waals surface area contributed by atoms with Gasteiger partial charge in [-0.25, -0.2) is 0 Å². The number of rotatable bonds is 2. The fraction of sp³-hybridized carbons (Fsp3) is 0.875. The van der Waals surface area contributed by atoms with Crippen molar-refractivity contribution in [3.63, 3.8) is 0 Å². The molecule has 0 aliphatic heterocycles. The van der Waals surface area contributed by atoms with Gasteiger partial charge in [0, 0.05) is 0 Å². The molecule has 0 aromatic heterocycles. The van der Waals surface area contributed by atoms with Crippen LogP contribution < -0.4 is 0 Å². The Morgan fingerprint density at radius 2 is 1.62 bits per heavy atom. The lowest BCUT2D eigenvalue weighted by atomic mass is 9.67. The van der Waals surface area contributed by atoms with E-state index in [9.17, 15) is 0 Å². The lowest BCUT2D eigenvalue weighted by Crippen LogP contribution is -2.31. The first-order valence-corrected chi connectivity index (χ1v) is 7.49. The Morgan fingerprint density at radius 3 is 2.31 bits per heavy atom. The monoisotopic (exact) mass is 216 g/mol. The van der Waals surface area contributed by atoms with Gasteiger partial charge in [-0.3, -0.25) is 0 Å². The van der Waals surface area contributed by atoms with E-state index in [0.717, 1.165) is 41.4 Å². The third-order valence-corrected chi connectivity index (χ3v) is 6.61. The van der Waals surface area contributed by atoms with Gasteiger partial charge in [-0.05, 0) is 80.0 Å². The van der Waals surface area contributed by atoms with Crippen LogP contribution in [-0.4, -0.2) is 0 Å². The molecule has 0 aromatic rings. The van der Waals surface area contributed by atoms with E-state index < -0.39 is 0 Å². The summed E-state index contributed by atoms with van der Waals surface area (Å²) in [6.45, 7) is 4.15. The number of allylic oxidation sites excluding steroid dienone is 1. The second kappa shape index (κ2) is 3.37. The van der Waals surface area contributed by atoms with Crippen molar-refractivity contribution in [2.75, 3.05) is 0 Å². The molecule has 0 radical (unpaired) electrons. The highest BCUT2D eigenvalue weighted by atomic mass is 14.6. The Kier molecular flexibility index (Phi) is 2.05. The molecule has 88 valence electrons. The summed E-state index contributed by atoms with van der Waals surface area (Å²) in [6, 6.07) is 0. The predicted octanol–water partition coefficient (Wildman–Crippen LogP) is 4.27. The van der Waals surface area contributed by atoms with Gasteiger partial charge in [0.25, 0.3) is 0 Å². The highest BCUT2D eigenvalue weighted by molar-refractivity contribution is 5.07. The summed E-state index contributed by atoms with van der Waals surface area (Å²) in [5, 5.41) is 0. The van der Waals surface area contributed by atoms with Gasteiger partial charge in [0.05, 0.1) is 0 Å². The van der Waals surface area contributed by atoms with Crippen LogP contribution in [0.5, 0.6) is 0 Å². The predicted molar refractivity (Wildman–Crippen MR) is 66.9 cm³/mol. The summed E-state index contributed by atoms with van der Waals surface area (Å²) in [5.41, 5.74) is 0. The Labute approximate surface area is 99.5 Å². The molecule has 4 saturated carbocycles. The average molecular weight is 216 g/mol. The van der Waals surface area contributed by atoms with E-state index in [0.29, 0.717) is 0 Å². The molecule has 16 heavy (non-hydrogen) atoms. The Hall–Kier alpha value is -0.260. The maximum Gasteiger partial charge on any atom is -0.0174 e. The number of hydrogen-bond donors (Lipinski definition) is 0. The van der Waals surface area contributed by atoms with Crippen LogP contribution in [0.1, 0.15) is 44.9 Å². The van der Waals surface area contributed by atoms with Crippen molar-refractivity contribution in [2.45, 2.75) is 44.9 Å². The molecule has 0 amide bonds. The number of hydrogen-bond acceptors (Lipinski definition) is 0. The van der Waals surface area contributed by atoms with E-state index in [1.807, 2.05) is 0 Å². The van der Waals surface area contributed by atoms with Crippen molar-refractivity contribution < 1.29 is 0 Å². The van der Waals surface area contributed by atoms with E-state index in [1.54, 1.807) is 38.5 Å². The van der Waals surface area contributed by atoms with E-state index in [-0.39, 0.29) is 0 Å². The molecule has 0 unspecified atom stereocenters. The molecule has 0 saturated heterocycles. The van der Waals surface area contributed by atoms with Gasteiger partial charge in [-0.1, -0.05) is 12.5 Å². The molecule has 4 aliphatic carbocycles. The fourth-order valence-electron chi connectivity index (χ4n) is 6.13. The number of fused-ring (bicyclic) bond motifs is 4. The second-order valence-electron chi connectivity index (χ2n) is 7.06. The van der Waals surface area contributed by atoms with Crippen LogP contribution in [0.3, 0.4) is 0 Å². The maximum atomic E-state index is 4.15. The van der Waals surface area contributed by atoms with Gasteiger partial charge in [0.1, 0.15) is 0 Å². The highest BCUT2D eigenvalue weighted by Gasteiger charge is 2.53. The Balaban J connectivity index is 1.60. The summed E-state index contributed by atoms with van der Waals surface area (Å²) in [5.74, 6) is 7.45. The molecule has 4 rings (SSSR count). The molecule has 0 spiro atoms. The SMILES string of the molecule is C=C[C@H]1[C@H]2CC[C@H](C2)[C@H]1[C@H]1C[C@@H]2CC[C@H]1C2. The summed E-state index contributed by atoms with van der Waals surface area (Å²) in [4.78, 5) is 0. The van der Waals surface area contributed by atoms with Crippen molar-refractivity contribution in [2.24, 2.45) is 41.4 Å². The van der Waals surface area contributed by atoms with Crippen LogP contribution in [-0.2, 0) is 0 Å². The summed E-state index contributed by atoms with van der Waals surface area (Å²) in [6.07, 6.45) is 13.2. The van der Waals surface area contributed by atoms with E-state index in [2.05, 4.69) is 12.7 Å². The van der Waals surface area contributed by atoms with Crippen molar-refractivity contribution in [1.82, 2.24) is 0 Å². The van der Waals surface area contributed by atoms with Gasteiger partial charge in [0.15, 0.2) is 0 Å². The van der Waals surface area contributed by atoms with E-state index in [4.69, 9.17) is 0 Å². The normalized spacial score (nSPS) is 58.4. The van der Waals surface area contributed by atoms with Gasteiger partial charge in [0.2, 0.25) is 0 Å². The quantitative estimate of drug-likeness (QED) is 0.605. The van der Waals surface area contributed by atoms with Crippen molar-refractivity contribution in [3.8, 4) is 0 Å². The topological polar surface area (TPSA) is 0 Å². The second-order valence-corrected chi connectivity index (χ2v) is 7.06. The first-order valence-electron chi connectivity index (χ1n) is 7.49. The highest BCUT2D eigenvalue weighted by Crippen LogP contribution is 2.62. The van der Waals surface area contributed by atoms with E-state index >= 15 is 0 Å². The van der Waals surface area contributed by atoms with Gasteiger partial charge in [-0.15, -0.1) is 6.58 Å². The minimum atomic E-state index is 0.906. The molecule has 0 aromatic carbocycles. The molecule has 7 atom stereocenters. The van der Waals surface area contributed by atoms with Crippen LogP contribution in [0.15, 0.2) is 12.7 Å². The molecule has 4 aliphatic rings. The van der Waals surface area contributed by atoms with Crippen molar-refractivity contribution in [1.29, 1.82) is 0 Å². The summed E-state index contributed by atoms with van der Waals surface area (Å²) in [7, 11) is 0. The lowest BCUT2D eigenvalue weighted by Gasteiger charge is -2.37. The summed E-state index contributed by atoms with van der Waals surface area (Å²) >= 11 is 0. The standard InChI is InChI=1S/C16H24/c1-2-14-12-5-6-13(9-12)16(14)15-8-10-3-4-11(15)7-10/h2,10-16H,1,3-9H2/t10-,11+,12+,13-,14+,15+,16-/m1/s1. The zero-order chi connectivity index (χ0) is 10.7. The minimum absolute atomic E-state index is 0.906. The molecular weight excluding hydrogens is 192 g/mol. The Morgan fingerprint density at radius 1 is 0.812 bits per heavy atom. The van der Waals surface area contributed by atoms with Crippen molar-refractivity contribution >= 4 is 0 Å². The lowest BCUT2D eigenvalue weighted by molar-refractivity contribution is 0.129. The minimum Gasteiger partial charge on any atom is -0.103 e. The first-order chi connectivity index (χ1) is 7.86. The fourth-order valence-corrected chi connectivity index (χ4v) is 6.13. The Bertz CT molecular complexity index is 305. The first kappa shape index (κ1) is 9.74. The van der Waals surface area contributed by atoms with E-state index in [1.165, 1.54) is 6.42 Å². The molecule has 0 nitrogen and oxygen atoms in total. The van der Waals surface area contributed by atoms with Gasteiger partial charge >= 0.3 is 0 Å². The largest absolute Gasteiger partial charge is 0.103 e. The van der Waals surface area contributed by atoms with Crippen LogP contribution in [0.2, 0.25) is 0 Å². The van der Waals surface area contributed by atoms with Crippen LogP contribution >= 0.6 is 0 Å². The third-order valence-electron chi connectivity index (χ3n) is 6.61. The maximum absolute atomic E-state index is 4.15. The molecular formula is C16H24. The molecule has 0 heteroatoms.